The first-order valence-electron chi connectivity index (χ1n) is 10.0. The Balaban J connectivity index is 1.47. The molecule has 0 saturated carbocycles. The van der Waals surface area contributed by atoms with E-state index < -0.39 is 0 Å². The van der Waals surface area contributed by atoms with Crippen LogP contribution in [0.2, 0.25) is 0 Å². The second-order valence-corrected chi connectivity index (χ2v) is 7.73. The predicted octanol–water partition coefficient (Wildman–Crippen LogP) is 4.50. The van der Waals surface area contributed by atoms with Crippen molar-refractivity contribution in [2.75, 3.05) is 0 Å². The van der Waals surface area contributed by atoms with Crippen LogP contribution in [-0.4, -0.2) is 23.1 Å². The molecule has 0 bridgehead atoms. The molecule has 0 saturated heterocycles. The van der Waals surface area contributed by atoms with Gasteiger partial charge in [0.1, 0.15) is 0 Å². The fourth-order valence-corrected chi connectivity index (χ4v) is 4.36. The number of hydrogen-bond acceptors (Lipinski definition) is 4. The van der Waals surface area contributed by atoms with Crippen molar-refractivity contribution < 1.29 is 19.2 Å². The van der Waals surface area contributed by atoms with Crippen molar-refractivity contribution >= 4 is 23.1 Å². The molecule has 0 amide bonds. The zero-order chi connectivity index (χ0) is 22.0. The highest BCUT2D eigenvalue weighted by atomic mass is 16.1. The van der Waals surface area contributed by atoms with Gasteiger partial charge in [0.05, 0.1) is 0 Å². The molecule has 0 heterocycles. The Hall–Kier alpha value is -4.44. The number of rotatable bonds is 1. The zero-order valence-electron chi connectivity index (χ0n) is 16.6. The van der Waals surface area contributed by atoms with E-state index in [9.17, 15) is 19.2 Å². The first kappa shape index (κ1) is 18.3. The van der Waals surface area contributed by atoms with Gasteiger partial charge in [-0.05, 0) is 23.3 Å². The summed E-state index contributed by atoms with van der Waals surface area (Å²) in [5, 5.41) is 0. The van der Waals surface area contributed by atoms with Crippen molar-refractivity contribution in [2.45, 2.75) is 0 Å². The Labute approximate surface area is 183 Å². The summed E-state index contributed by atoms with van der Waals surface area (Å²) in [4.78, 5) is 51.7. The van der Waals surface area contributed by atoms with Gasteiger partial charge < -0.3 is 0 Å². The summed E-state index contributed by atoms with van der Waals surface area (Å²) in [7, 11) is 0. The predicted molar refractivity (Wildman–Crippen MR) is 116 cm³/mol. The van der Waals surface area contributed by atoms with Gasteiger partial charge in [-0.1, -0.05) is 60.7 Å². The lowest BCUT2D eigenvalue weighted by molar-refractivity contribution is 0.0979. The highest BCUT2D eigenvalue weighted by molar-refractivity contribution is 6.29. The molecular weight excluding hydrogens is 400 g/mol. The number of benzene rings is 4. The van der Waals surface area contributed by atoms with E-state index in [2.05, 4.69) is 12.1 Å². The van der Waals surface area contributed by atoms with Crippen molar-refractivity contribution in [3.63, 3.8) is 0 Å². The smallest absolute Gasteiger partial charge is 0.195 e. The van der Waals surface area contributed by atoms with Crippen molar-refractivity contribution in [3.8, 4) is 11.1 Å². The van der Waals surface area contributed by atoms with Gasteiger partial charge in [-0.15, -0.1) is 0 Å². The molecule has 0 N–H and O–H groups in total. The third-order valence-corrected chi connectivity index (χ3v) is 5.96. The normalized spacial score (nSPS) is 13.9. The minimum absolute atomic E-state index is 0.199. The number of carbonyl (C=O) groups is 4. The van der Waals surface area contributed by atoms with Crippen LogP contribution in [0.1, 0.15) is 63.7 Å². The van der Waals surface area contributed by atoms with Gasteiger partial charge in [-0.25, -0.2) is 0 Å². The average Bonchev–Trinajstić information content (AvgIpc) is 2.85. The minimum atomic E-state index is -0.268. The summed E-state index contributed by atoms with van der Waals surface area (Å²) in [5.41, 5.74) is 3.51. The monoisotopic (exact) mass is 412 g/mol. The molecule has 2 radical (unpaired) electrons. The lowest BCUT2D eigenvalue weighted by atomic mass is 9.81. The fourth-order valence-electron chi connectivity index (χ4n) is 4.36. The van der Waals surface area contributed by atoms with E-state index in [1.54, 1.807) is 72.8 Å². The molecule has 148 valence electrons. The van der Waals surface area contributed by atoms with Crippen LogP contribution in [0.25, 0.3) is 11.1 Å². The molecule has 4 nitrogen and oxygen atoms in total. The van der Waals surface area contributed by atoms with Crippen molar-refractivity contribution in [1.29, 1.82) is 0 Å². The number of ketones is 4. The largest absolute Gasteiger partial charge is 0.289 e. The summed E-state index contributed by atoms with van der Waals surface area (Å²) < 4.78 is 0. The van der Waals surface area contributed by atoms with Crippen LogP contribution in [0.3, 0.4) is 0 Å². The highest BCUT2D eigenvalue weighted by Gasteiger charge is 2.31. The second-order valence-electron chi connectivity index (χ2n) is 7.73. The van der Waals surface area contributed by atoms with E-state index in [0.717, 1.165) is 0 Å². The van der Waals surface area contributed by atoms with Crippen LogP contribution in [0.15, 0.2) is 72.8 Å². The van der Waals surface area contributed by atoms with Crippen LogP contribution in [-0.2, 0) is 0 Å². The maximum absolute atomic E-state index is 13.0. The lowest BCUT2D eigenvalue weighted by Gasteiger charge is -2.19. The maximum atomic E-state index is 13.0. The van der Waals surface area contributed by atoms with E-state index in [1.807, 2.05) is 0 Å². The Kier molecular flexibility index (Phi) is 3.74. The second kappa shape index (κ2) is 6.53. The van der Waals surface area contributed by atoms with Gasteiger partial charge in [-0.3, -0.25) is 19.2 Å². The van der Waals surface area contributed by atoms with E-state index in [4.69, 9.17) is 0 Å². The van der Waals surface area contributed by atoms with Gasteiger partial charge in [0.2, 0.25) is 0 Å². The molecule has 32 heavy (non-hydrogen) atoms. The molecule has 0 unspecified atom stereocenters. The lowest BCUT2D eigenvalue weighted by Crippen LogP contribution is -2.21. The van der Waals surface area contributed by atoms with Gasteiger partial charge in [0, 0.05) is 56.6 Å². The molecule has 4 aromatic carbocycles. The Morgan fingerprint density at radius 3 is 1.09 bits per heavy atom. The van der Waals surface area contributed by atoms with Crippen molar-refractivity contribution in [3.05, 3.63) is 129 Å². The molecule has 2 aliphatic rings. The van der Waals surface area contributed by atoms with Crippen LogP contribution in [0, 0.1) is 12.1 Å². The van der Waals surface area contributed by atoms with Gasteiger partial charge in [-0.2, -0.15) is 0 Å². The maximum Gasteiger partial charge on any atom is 0.195 e. The SMILES string of the molecule is O=C1c2[c]c(-c3[c]c4c(cc3)C(=O)c3ccccc3C4=O)ccc2C(=O)c2ccccc21. The van der Waals surface area contributed by atoms with E-state index in [-0.39, 0.29) is 34.3 Å². The molecule has 6 rings (SSSR count). The Morgan fingerprint density at radius 2 is 0.719 bits per heavy atom. The van der Waals surface area contributed by atoms with Crippen molar-refractivity contribution in [1.82, 2.24) is 0 Å². The quantitative estimate of drug-likeness (QED) is 0.399. The third kappa shape index (κ3) is 2.44. The first-order valence-corrected chi connectivity index (χ1v) is 10.0. The van der Waals surface area contributed by atoms with Gasteiger partial charge >= 0.3 is 0 Å². The summed E-state index contributed by atoms with van der Waals surface area (Å²) >= 11 is 0. The molecule has 0 spiro atoms. The molecule has 4 aromatic rings. The minimum Gasteiger partial charge on any atom is -0.289 e. The summed E-state index contributed by atoms with van der Waals surface area (Å²) in [5.74, 6) is -0.972. The molecule has 2 aliphatic carbocycles. The average molecular weight is 412 g/mol. The zero-order valence-corrected chi connectivity index (χ0v) is 16.6. The summed E-state index contributed by atoms with van der Waals surface area (Å²) in [6.07, 6.45) is 0. The fraction of sp³-hybridized carbons (Fsp3) is 0. The standard InChI is InChI=1S/C28H12O4/c29-25-17-5-1-3-7-19(17)27(31)23-13-15(9-11-21(23)25)16-10-12-22-24(14-16)28(32)20-8-4-2-6-18(20)26(22)30/h1-12H. The van der Waals surface area contributed by atoms with E-state index in [1.165, 1.54) is 0 Å². The molecule has 0 aromatic heterocycles. The number of hydrogen-bond donors (Lipinski definition) is 0. The molecule has 0 fully saturated rings. The van der Waals surface area contributed by atoms with Crippen molar-refractivity contribution in [2.24, 2.45) is 0 Å². The summed E-state index contributed by atoms with van der Waals surface area (Å²) in [6.45, 7) is 0. The number of fused-ring (bicyclic) bond motifs is 4. The highest BCUT2D eigenvalue weighted by Crippen LogP contribution is 2.33. The van der Waals surface area contributed by atoms with Gasteiger partial charge in [0.25, 0.3) is 0 Å². The Bertz CT molecular complexity index is 1420. The van der Waals surface area contributed by atoms with Crippen LogP contribution in [0.5, 0.6) is 0 Å². The van der Waals surface area contributed by atoms with E-state index in [0.29, 0.717) is 44.5 Å². The van der Waals surface area contributed by atoms with Gasteiger partial charge in [0.15, 0.2) is 23.1 Å². The number of carbonyl (C=O) groups excluding carboxylic acids is 4. The van der Waals surface area contributed by atoms with Crippen LogP contribution in [0.4, 0.5) is 0 Å². The molecule has 4 heteroatoms. The first-order chi connectivity index (χ1) is 15.5. The third-order valence-electron chi connectivity index (χ3n) is 5.96. The van der Waals surface area contributed by atoms with Crippen LogP contribution < -0.4 is 0 Å². The molecular formula is C28H12O4. The molecule has 0 aliphatic heterocycles. The van der Waals surface area contributed by atoms with E-state index >= 15 is 0 Å². The van der Waals surface area contributed by atoms with Crippen LogP contribution >= 0.6 is 0 Å². The Morgan fingerprint density at radius 1 is 0.375 bits per heavy atom. The summed E-state index contributed by atoms with van der Waals surface area (Å²) in [6, 6.07) is 26.1. The molecule has 0 atom stereocenters. The topological polar surface area (TPSA) is 68.3 Å².